The number of carbonyl (C=O) groups excluding carboxylic acids is 1. The lowest BCUT2D eigenvalue weighted by Gasteiger charge is -2.16. The first-order valence-electron chi connectivity index (χ1n) is 7.19. The minimum absolute atomic E-state index is 0.0273. The van der Waals surface area contributed by atoms with Crippen molar-refractivity contribution in [1.29, 1.82) is 0 Å². The summed E-state index contributed by atoms with van der Waals surface area (Å²) in [5, 5.41) is 0.622. The van der Waals surface area contributed by atoms with Crippen LogP contribution >= 0.6 is 11.6 Å². The number of hydrogen-bond donors (Lipinski definition) is 0. The van der Waals surface area contributed by atoms with E-state index in [0.717, 1.165) is 18.6 Å². The van der Waals surface area contributed by atoms with E-state index in [9.17, 15) is 4.79 Å². The van der Waals surface area contributed by atoms with Gasteiger partial charge in [-0.05, 0) is 25.5 Å². The number of fused-ring (bicyclic) bond motifs is 2. The maximum atomic E-state index is 12.6. The van der Waals surface area contributed by atoms with Crippen molar-refractivity contribution in [2.24, 2.45) is 5.92 Å². The summed E-state index contributed by atoms with van der Waals surface area (Å²) in [5.74, 6) is 0.441. The highest BCUT2D eigenvalue weighted by Crippen LogP contribution is 2.33. The Morgan fingerprint density at radius 1 is 1.38 bits per heavy atom. The predicted molar refractivity (Wildman–Crippen MR) is 78.5 cm³/mol. The quantitative estimate of drug-likeness (QED) is 0.812. The molecule has 110 valence electrons. The minimum atomic E-state index is -0.0273. The molecule has 2 aromatic rings. The molecule has 0 N–H and O–H groups in total. The summed E-state index contributed by atoms with van der Waals surface area (Å²) < 4.78 is 7.62. The summed E-state index contributed by atoms with van der Waals surface area (Å²) in [7, 11) is 0. The second kappa shape index (κ2) is 4.71. The van der Waals surface area contributed by atoms with Gasteiger partial charge in [0.1, 0.15) is 11.3 Å². The molecule has 4 rings (SSSR count). The molecule has 0 unspecified atom stereocenters. The highest BCUT2D eigenvalue weighted by atomic mass is 35.5. The van der Waals surface area contributed by atoms with Crippen molar-refractivity contribution in [3.05, 3.63) is 35.2 Å². The van der Waals surface area contributed by atoms with Crippen LogP contribution in [0.4, 0.5) is 0 Å². The Labute approximate surface area is 127 Å². The van der Waals surface area contributed by atoms with E-state index in [-0.39, 0.29) is 12.0 Å². The number of ether oxygens (including phenoxy) is 1. The fourth-order valence-corrected chi connectivity index (χ4v) is 3.57. The highest BCUT2D eigenvalue weighted by Gasteiger charge is 2.42. The number of rotatable bonds is 1. The second-order valence-corrected chi connectivity index (χ2v) is 6.37. The third-order valence-corrected chi connectivity index (χ3v) is 4.57. The summed E-state index contributed by atoms with van der Waals surface area (Å²) in [5.41, 5.74) is 1.19. The minimum Gasteiger partial charge on any atom is -0.373 e. The molecule has 3 atom stereocenters. The lowest BCUT2D eigenvalue weighted by molar-refractivity contribution is 0.0442. The molecule has 2 fully saturated rings. The fraction of sp³-hybridized carbons (Fsp3) is 0.467. The van der Waals surface area contributed by atoms with E-state index in [4.69, 9.17) is 16.3 Å². The van der Waals surface area contributed by atoms with Gasteiger partial charge in [-0.25, -0.2) is 4.98 Å². The van der Waals surface area contributed by atoms with Crippen molar-refractivity contribution in [3.63, 3.8) is 0 Å². The lowest BCUT2D eigenvalue weighted by Crippen LogP contribution is -2.31. The Morgan fingerprint density at radius 3 is 3.05 bits per heavy atom. The van der Waals surface area contributed by atoms with Gasteiger partial charge in [0.2, 0.25) is 0 Å². The maximum absolute atomic E-state index is 12.6. The molecule has 4 heterocycles. The van der Waals surface area contributed by atoms with Gasteiger partial charge in [-0.15, -0.1) is 0 Å². The van der Waals surface area contributed by atoms with Crippen LogP contribution in [0.15, 0.2) is 24.5 Å². The molecule has 21 heavy (non-hydrogen) atoms. The molecule has 0 radical (unpaired) electrons. The van der Waals surface area contributed by atoms with Gasteiger partial charge in [0.05, 0.1) is 17.2 Å². The first-order chi connectivity index (χ1) is 10.1. The Bertz CT molecular complexity index is 700. The number of carbonyl (C=O) groups is 1. The monoisotopic (exact) mass is 305 g/mol. The fourth-order valence-electron chi connectivity index (χ4n) is 3.40. The number of aromatic nitrogens is 2. The van der Waals surface area contributed by atoms with Crippen molar-refractivity contribution in [2.75, 3.05) is 13.1 Å². The largest absolute Gasteiger partial charge is 0.373 e. The molecular formula is C15H16ClN3O2. The van der Waals surface area contributed by atoms with E-state index in [1.54, 1.807) is 22.9 Å². The summed E-state index contributed by atoms with van der Waals surface area (Å²) >= 11 is 5.95. The molecule has 2 aromatic heterocycles. The number of pyridine rings is 1. The van der Waals surface area contributed by atoms with Gasteiger partial charge in [-0.3, -0.25) is 4.79 Å². The third-order valence-electron chi connectivity index (χ3n) is 4.34. The van der Waals surface area contributed by atoms with Crippen molar-refractivity contribution in [2.45, 2.75) is 25.6 Å². The lowest BCUT2D eigenvalue weighted by atomic mass is 10.0. The van der Waals surface area contributed by atoms with Crippen LogP contribution in [0.1, 0.15) is 23.8 Å². The van der Waals surface area contributed by atoms with Gasteiger partial charge >= 0.3 is 0 Å². The third kappa shape index (κ3) is 2.21. The Morgan fingerprint density at radius 2 is 2.24 bits per heavy atom. The molecule has 0 saturated carbocycles. The van der Waals surface area contributed by atoms with Crippen LogP contribution in [0.2, 0.25) is 5.02 Å². The van der Waals surface area contributed by atoms with Gasteiger partial charge < -0.3 is 14.0 Å². The number of likely N-dealkylation sites (tertiary alicyclic amines) is 1. The molecule has 2 aliphatic rings. The summed E-state index contributed by atoms with van der Waals surface area (Å²) in [6, 6.07) is 3.58. The summed E-state index contributed by atoms with van der Waals surface area (Å²) in [6.45, 7) is 3.53. The van der Waals surface area contributed by atoms with Crippen molar-refractivity contribution < 1.29 is 9.53 Å². The predicted octanol–water partition coefficient (Wildman–Crippen LogP) is 2.24. The topological polar surface area (TPSA) is 46.8 Å². The van der Waals surface area contributed by atoms with Gasteiger partial charge in [0.25, 0.3) is 5.91 Å². The van der Waals surface area contributed by atoms with E-state index in [2.05, 4.69) is 11.9 Å². The maximum Gasteiger partial charge on any atom is 0.274 e. The number of nitrogens with zero attached hydrogens (tertiary/aromatic N) is 3. The van der Waals surface area contributed by atoms with Crippen LogP contribution in [0, 0.1) is 5.92 Å². The zero-order chi connectivity index (χ0) is 14.6. The molecule has 2 saturated heterocycles. The molecule has 0 aliphatic carbocycles. The van der Waals surface area contributed by atoms with Gasteiger partial charge in [-0.2, -0.15) is 0 Å². The molecular weight excluding hydrogens is 290 g/mol. The van der Waals surface area contributed by atoms with E-state index in [1.807, 2.05) is 11.0 Å². The number of imidazole rings is 1. The summed E-state index contributed by atoms with van der Waals surface area (Å²) in [4.78, 5) is 18.8. The second-order valence-electron chi connectivity index (χ2n) is 5.93. The van der Waals surface area contributed by atoms with Crippen LogP contribution in [-0.4, -0.2) is 45.5 Å². The van der Waals surface area contributed by atoms with E-state index >= 15 is 0 Å². The van der Waals surface area contributed by atoms with E-state index < -0.39 is 0 Å². The zero-order valence-electron chi connectivity index (χ0n) is 11.7. The molecule has 1 amide bonds. The van der Waals surface area contributed by atoms with Crippen molar-refractivity contribution in [1.82, 2.24) is 14.3 Å². The Hall–Kier alpha value is -1.59. The molecule has 5 nitrogen and oxygen atoms in total. The number of amides is 1. The van der Waals surface area contributed by atoms with Crippen molar-refractivity contribution >= 4 is 23.2 Å². The number of hydrogen-bond acceptors (Lipinski definition) is 3. The van der Waals surface area contributed by atoms with Crippen LogP contribution in [0.5, 0.6) is 0 Å². The van der Waals surface area contributed by atoms with Crippen LogP contribution < -0.4 is 0 Å². The van der Waals surface area contributed by atoms with Crippen molar-refractivity contribution in [3.8, 4) is 0 Å². The first-order valence-corrected chi connectivity index (χ1v) is 7.57. The first kappa shape index (κ1) is 13.1. The molecule has 0 aromatic carbocycles. The van der Waals surface area contributed by atoms with Crippen LogP contribution in [-0.2, 0) is 4.74 Å². The average molecular weight is 306 g/mol. The number of halogens is 1. The van der Waals surface area contributed by atoms with Crippen LogP contribution in [0.25, 0.3) is 5.65 Å². The SMILES string of the molecule is C[C@@H]1C[C@H]2CN(C(=O)c3cn4cc(Cl)ccc4n3)C[C@H]2O1. The normalized spacial score (nSPS) is 28.3. The average Bonchev–Trinajstić information content (AvgIpc) is 3.08. The molecule has 0 spiro atoms. The van der Waals surface area contributed by atoms with Gasteiger partial charge in [0.15, 0.2) is 0 Å². The van der Waals surface area contributed by atoms with Gasteiger partial charge in [0, 0.05) is 31.4 Å². The Kier molecular flexibility index (Phi) is 2.94. The van der Waals surface area contributed by atoms with E-state index in [1.165, 1.54) is 0 Å². The van der Waals surface area contributed by atoms with E-state index in [0.29, 0.717) is 29.3 Å². The van der Waals surface area contributed by atoms with Crippen LogP contribution in [0.3, 0.4) is 0 Å². The molecule has 6 heteroatoms. The highest BCUT2D eigenvalue weighted by molar-refractivity contribution is 6.30. The zero-order valence-corrected chi connectivity index (χ0v) is 12.5. The Balaban J connectivity index is 1.57. The summed E-state index contributed by atoms with van der Waals surface area (Å²) in [6.07, 6.45) is 5.03. The standard InChI is InChI=1S/C15H16ClN3O2/c1-9-4-10-5-19(8-13(10)21-9)15(20)12-7-18-6-11(16)2-3-14(18)17-12/h2-3,6-7,9-10,13H,4-5,8H2,1H3/t9-,10+,13-/m1/s1. The molecule has 2 aliphatic heterocycles. The smallest absolute Gasteiger partial charge is 0.274 e. The molecule has 0 bridgehead atoms. The van der Waals surface area contributed by atoms with Gasteiger partial charge in [-0.1, -0.05) is 11.6 Å².